The first-order valence-corrected chi connectivity index (χ1v) is 6.69. The Morgan fingerprint density at radius 1 is 1.21 bits per heavy atom. The molecule has 0 bridgehead atoms. The van der Waals surface area contributed by atoms with Crippen LogP contribution in [0.25, 0.3) is 6.08 Å². The molecule has 1 fully saturated rings. The average Bonchev–Trinajstić information content (AvgIpc) is 2.41. The smallest absolute Gasteiger partial charge is 0.258 e. The Hall–Kier alpha value is -1.36. The summed E-state index contributed by atoms with van der Waals surface area (Å²) in [6.45, 7) is 3.66. The van der Waals surface area contributed by atoms with E-state index >= 15 is 0 Å². The SMILES string of the molecule is CN1CCN(NC(=O)C=Cc2ccc(Cl)cc2)CC1. The molecule has 102 valence electrons. The van der Waals surface area contributed by atoms with Crippen LogP contribution in [0.2, 0.25) is 5.02 Å². The number of hydrazine groups is 1. The third-order valence-corrected chi connectivity index (χ3v) is 3.32. The molecule has 0 spiro atoms. The molecular weight excluding hydrogens is 262 g/mol. The van der Waals surface area contributed by atoms with E-state index in [0.717, 1.165) is 31.7 Å². The Morgan fingerprint density at radius 2 is 1.84 bits per heavy atom. The second kappa shape index (κ2) is 6.70. The maximum absolute atomic E-state index is 11.8. The van der Waals surface area contributed by atoms with Crippen LogP contribution in [0.15, 0.2) is 30.3 Å². The van der Waals surface area contributed by atoms with Gasteiger partial charge in [0.2, 0.25) is 0 Å². The van der Waals surface area contributed by atoms with Gasteiger partial charge >= 0.3 is 0 Å². The van der Waals surface area contributed by atoms with Crippen LogP contribution < -0.4 is 5.43 Å². The van der Waals surface area contributed by atoms with Crippen molar-refractivity contribution in [1.29, 1.82) is 0 Å². The van der Waals surface area contributed by atoms with Gasteiger partial charge in [-0.2, -0.15) is 0 Å². The lowest BCUT2D eigenvalue weighted by atomic mass is 10.2. The fraction of sp³-hybridized carbons (Fsp3) is 0.357. The van der Waals surface area contributed by atoms with Gasteiger partial charge in [-0.15, -0.1) is 0 Å². The predicted molar refractivity (Wildman–Crippen MR) is 77.7 cm³/mol. The van der Waals surface area contributed by atoms with Gasteiger partial charge in [0.1, 0.15) is 0 Å². The highest BCUT2D eigenvalue weighted by Gasteiger charge is 2.14. The van der Waals surface area contributed by atoms with Crippen LogP contribution in [0.4, 0.5) is 0 Å². The fourth-order valence-electron chi connectivity index (χ4n) is 1.86. The van der Waals surface area contributed by atoms with E-state index in [1.807, 2.05) is 17.1 Å². The lowest BCUT2D eigenvalue weighted by Gasteiger charge is -2.31. The summed E-state index contributed by atoms with van der Waals surface area (Å²) in [5.41, 5.74) is 3.83. The Balaban J connectivity index is 1.82. The second-order valence-electron chi connectivity index (χ2n) is 4.65. The molecule has 2 rings (SSSR count). The zero-order valence-corrected chi connectivity index (χ0v) is 11.7. The summed E-state index contributed by atoms with van der Waals surface area (Å²) in [6.07, 6.45) is 3.32. The van der Waals surface area contributed by atoms with Gasteiger partial charge in [-0.3, -0.25) is 10.2 Å². The number of likely N-dealkylation sites (N-methyl/N-ethyl adjacent to an activating group) is 1. The normalized spacial score (nSPS) is 17.8. The number of carbonyl (C=O) groups excluding carboxylic acids is 1. The maximum Gasteiger partial charge on any atom is 0.258 e. The first kappa shape index (κ1) is 14.1. The van der Waals surface area contributed by atoms with Crippen LogP contribution in [0, 0.1) is 0 Å². The highest BCUT2D eigenvalue weighted by Crippen LogP contribution is 2.10. The van der Waals surface area contributed by atoms with Crippen LogP contribution in [-0.4, -0.2) is 49.0 Å². The van der Waals surface area contributed by atoms with Gasteiger partial charge < -0.3 is 4.90 Å². The van der Waals surface area contributed by atoms with Crippen molar-refractivity contribution in [2.75, 3.05) is 33.2 Å². The zero-order chi connectivity index (χ0) is 13.7. The highest BCUT2D eigenvalue weighted by molar-refractivity contribution is 6.30. The van der Waals surface area contributed by atoms with E-state index in [-0.39, 0.29) is 5.91 Å². The molecule has 19 heavy (non-hydrogen) atoms. The first-order valence-electron chi connectivity index (χ1n) is 6.31. The first-order chi connectivity index (χ1) is 9.13. The van der Waals surface area contributed by atoms with E-state index in [0.29, 0.717) is 5.02 Å². The number of rotatable bonds is 3. The van der Waals surface area contributed by atoms with Gasteiger partial charge in [0, 0.05) is 37.3 Å². The van der Waals surface area contributed by atoms with Crippen molar-refractivity contribution in [3.8, 4) is 0 Å². The quantitative estimate of drug-likeness (QED) is 0.855. The minimum absolute atomic E-state index is 0.0977. The Kier molecular flexibility index (Phi) is 4.96. The summed E-state index contributed by atoms with van der Waals surface area (Å²) in [7, 11) is 2.08. The highest BCUT2D eigenvalue weighted by atomic mass is 35.5. The van der Waals surface area contributed by atoms with Crippen LogP contribution in [-0.2, 0) is 4.79 Å². The second-order valence-corrected chi connectivity index (χ2v) is 5.09. The van der Waals surface area contributed by atoms with E-state index in [2.05, 4.69) is 17.4 Å². The lowest BCUT2D eigenvalue weighted by Crippen LogP contribution is -2.52. The molecule has 1 saturated heterocycles. The standard InChI is InChI=1S/C14H18ClN3O/c1-17-8-10-18(11-9-17)16-14(19)7-4-12-2-5-13(15)6-3-12/h2-7H,8-11H2,1H3,(H,16,19). The molecule has 0 unspecified atom stereocenters. The van der Waals surface area contributed by atoms with Crippen molar-refractivity contribution in [2.45, 2.75) is 0 Å². The molecule has 0 saturated carbocycles. The molecule has 1 aromatic rings. The van der Waals surface area contributed by atoms with E-state index in [9.17, 15) is 4.79 Å². The summed E-state index contributed by atoms with van der Waals surface area (Å²) >= 11 is 5.80. The van der Waals surface area contributed by atoms with E-state index in [1.165, 1.54) is 0 Å². The zero-order valence-electron chi connectivity index (χ0n) is 11.0. The molecule has 0 atom stereocenters. The van der Waals surface area contributed by atoms with Crippen molar-refractivity contribution in [2.24, 2.45) is 0 Å². The predicted octanol–water partition coefficient (Wildman–Crippen LogP) is 1.63. The molecule has 1 aromatic carbocycles. The Morgan fingerprint density at radius 3 is 2.47 bits per heavy atom. The van der Waals surface area contributed by atoms with E-state index in [1.54, 1.807) is 24.3 Å². The Bertz CT molecular complexity index is 450. The minimum Gasteiger partial charge on any atom is -0.304 e. The number of hydrogen-bond donors (Lipinski definition) is 1. The van der Waals surface area contributed by atoms with E-state index < -0.39 is 0 Å². The summed E-state index contributed by atoms with van der Waals surface area (Å²) in [4.78, 5) is 14.0. The van der Waals surface area contributed by atoms with Crippen molar-refractivity contribution < 1.29 is 4.79 Å². The van der Waals surface area contributed by atoms with Crippen molar-refractivity contribution in [1.82, 2.24) is 15.3 Å². The van der Waals surface area contributed by atoms with Crippen LogP contribution in [0.3, 0.4) is 0 Å². The summed E-state index contributed by atoms with van der Waals surface area (Å²) in [5, 5.41) is 2.65. The van der Waals surface area contributed by atoms with Gasteiger partial charge in [0.25, 0.3) is 5.91 Å². The largest absolute Gasteiger partial charge is 0.304 e. The van der Waals surface area contributed by atoms with Gasteiger partial charge in [-0.25, -0.2) is 5.01 Å². The molecule has 0 aliphatic carbocycles. The third-order valence-electron chi connectivity index (χ3n) is 3.07. The molecular formula is C14H18ClN3O. The summed E-state index contributed by atoms with van der Waals surface area (Å²) < 4.78 is 0. The molecule has 1 N–H and O–H groups in total. The lowest BCUT2D eigenvalue weighted by molar-refractivity contribution is -0.121. The van der Waals surface area contributed by atoms with Gasteiger partial charge in [0.05, 0.1) is 0 Å². The van der Waals surface area contributed by atoms with Crippen LogP contribution >= 0.6 is 11.6 Å². The number of carbonyl (C=O) groups is 1. The molecule has 0 aromatic heterocycles. The van der Waals surface area contributed by atoms with Crippen molar-refractivity contribution in [3.05, 3.63) is 40.9 Å². The maximum atomic E-state index is 11.8. The van der Waals surface area contributed by atoms with Gasteiger partial charge in [-0.05, 0) is 30.8 Å². The number of hydrogen-bond acceptors (Lipinski definition) is 3. The van der Waals surface area contributed by atoms with Crippen LogP contribution in [0.5, 0.6) is 0 Å². The molecule has 0 radical (unpaired) electrons. The number of nitrogens with zero attached hydrogens (tertiary/aromatic N) is 2. The average molecular weight is 280 g/mol. The van der Waals surface area contributed by atoms with Gasteiger partial charge in [-0.1, -0.05) is 23.7 Å². The number of benzene rings is 1. The third kappa shape index (κ3) is 4.67. The number of nitrogens with one attached hydrogen (secondary N) is 1. The van der Waals surface area contributed by atoms with E-state index in [4.69, 9.17) is 11.6 Å². The Labute approximate surface area is 118 Å². The van der Waals surface area contributed by atoms with Crippen LogP contribution in [0.1, 0.15) is 5.56 Å². The van der Waals surface area contributed by atoms with Gasteiger partial charge in [0.15, 0.2) is 0 Å². The fourth-order valence-corrected chi connectivity index (χ4v) is 1.98. The van der Waals surface area contributed by atoms with Crippen molar-refractivity contribution in [3.63, 3.8) is 0 Å². The molecule has 1 amide bonds. The minimum atomic E-state index is -0.0977. The monoisotopic (exact) mass is 279 g/mol. The molecule has 1 aliphatic rings. The molecule has 4 nitrogen and oxygen atoms in total. The molecule has 1 heterocycles. The number of halogens is 1. The topological polar surface area (TPSA) is 35.6 Å². The summed E-state index contributed by atoms with van der Waals surface area (Å²) in [5.74, 6) is -0.0977. The summed E-state index contributed by atoms with van der Waals surface area (Å²) in [6, 6.07) is 7.36. The number of amides is 1. The number of piperazine rings is 1. The van der Waals surface area contributed by atoms with Crippen molar-refractivity contribution >= 4 is 23.6 Å². The molecule has 5 heteroatoms. The molecule has 1 aliphatic heterocycles.